The molecule has 0 aromatic rings. The average Bonchev–Trinajstić information content (AvgIpc) is 2.33. The van der Waals surface area contributed by atoms with Gasteiger partial charge in [0.15, 0.2) is 5.96 Å². The summed E-state index contributed by atoms with van der Waals surface area (Å²) in [6, 6.07) is 0. The highest BCUT2D eigenvalue weighted by Gasteiger charge is 2.23. The van der Waals surface area contributed by atoms with Gasteiger partial charge in [-0.15, -0.1) is 0 Å². The molecular weight excluding hydrogens is 230 g/mol. The predicted molar refractivity (Wildman–Crippen MR) is 72.5 cm³/mol. The van der Waals surface area contributed by atoms with E-state index in [4.69, 9.17) is 0 Å². The smallest absolute Gasteiger partial charge is 0.307 e. The molecule has 18 heavy (non-hydrogen) atoms. The number of hydrogen-bond acceptors (Lipinski definition) is 3. The largest absolute Gasteiger partial charge is 0.469 e. The van der Waals surface area contributed by atoms with Crippen LogP contribution < -0.4 is 5.32 Å². The van der Waals surface area contributed by atoms with Crippen molar-refractivity contribution >= 4 is 11.9 Å². The number of likely N-dealkylation sites (tertiary alicyclic amines) is 1. The molecule has 0 saturated carbocycles. The molecule has 0 radical (unpaired) electrons. The van der Waals surface area contributed by atoms with E-state index in [9.17, 15) is 4.79 Å². The molecule has 0 aliphatic carbocycles. The molecule has 1 aliphatic heterocycles. The molecule has 0 spiro atoms. The summed E-state index contributed by atoms with van der Waals surface area (Å²) in [7, 11) is 3.19. The van der Waals surface area contributed by atoms with Crippen LogP contribution in [0.1, 0.15) is 26.7 Å². The number of guanidine groups is 1. The van der Waals surface area contributed by atoms with E-state index < -0.39 is 0 Å². The van der Waals surface area contributed by atoms with E-state index in [0.717, 1.165) is 19.0 Å². The minimum Gasteiger partial charge on any atom is -0.469 e. The van der Waals surface area contributed by atoms with Crippen molar-refractivity contribution in [3.05, 3.63) is 0 Å². The summed E-state index contributed by atoms with van der Waals surface area (Å²) >= 11 is 0. The molecule has 0 aromatic carbocycles. The monoisotopic (exact) mass is 255 g/mol. The van der Waals surface area contributed by atoms with Crippen LogP contribution in [0.3, 0.4) is 0 Å². The second kappa shape index (κ2) is 7.24. The number of carbonyl (C=O) groups is 1. The number of nitrogens with one attached hydrogen (secondary N) is 1. The summed E-state index contributed by atoms with van der Waals surface area (Å²) in [6.07, 6.45) is 1.64. The number of esters is 1. The molecule has 0 amide bonds. The molecule has 1 aliphatic rings. The van der Waals surface area contributed by atoms with E-state index in [1.165, 1.54) is 13.5 Å². The normalized spacial score (nSPS) is 24.9. The van der Waals surface area contributed by atoms with Crippen LogP contribution in [0.2, 0.25) is 0 Å². The second-order valence-corrected chi connectivity index (χ2v) is 5.15. The van der Waals surface area contributed by atoms with Crippen LogP contribution in [-0.4, -0.2) is 50.6 Å². The van der Waals surface area contributed by atoms with Gasteiger partial charge in [-0.25, -0.2) is 0 Å². The summed E-state index contributed by atoms with van der Waals surface area (Å²) in [5, 5.41) is 3.22. The fraction of sp³-hybridized carbons (Fsp3) is 0.846. The van der Waals surface area contributed by atoms with Gasteiger partial charge in [-0.3, -0.25) is 9.79 Å². The van der Waals surface area contributed by atoms with Gasteiger partial charge in [0.2, 0.25) is 0 Å². The zero-order chi connectivity index (χ0) is 13.5. The topological polar surface area (TPSA) is 53.9 Å². The van der Waals surface area contributed by atoms with Crippen LogP contribution in [0.15, 0.2) is 4.99 Å². The highest BCUT2D eigenvalue weighted by molar-refractivity contribution is 5.80. The third-order valence-electron chi connectivity index (χ3n) is 3.22. The lowest BCUT2D eigenvalue weighted by atomic mass is 9.92. The summed E-state index contributed by atoms with van der Waals surface area (Å²) in [5.41, 5.74) is 0. The van der Waals surface area contributed by atoms with Crippen LogP contribution in [0, 0.1) is 11.8 Å². The molecule has 5 nitrogen and oxygen atoms in total. The van der Waals surface area contributed by atoms with E-state index in [1.807, 2.05) is 0 Å². The maximum absolute atomic E-state index is 11.0. The zero-order valence-corrected chi connectivity index (χ0v) is 11.9. The molecule has 1 N–H and O–H groups in total. The van der Waals surface area contributed by atoms with Gasteiger partial charge in [0.25, 0.3) is 0 Å². The minimum absolute atomic E-state index is 0.196. The Morgan fingerprint density at radius 3 is 2.50 bits per heavy atom. The van der Waals surface area contributed by atoms with Crippen molar-refractivity contribution in [2.45, 2.75) is 26.7 Å². The first-order chi connectivity index (χ1) is 8.56. The zero-order valence-electron chi connectivity index (χ0n) is 11.9. The molecule has 1 rings (SSSR count). The molecule has 0 bridgehead atoms. The Hall–Kier alpha value is -1.26. The molecule has 1 fully saturated rings. The van der Waals surface area contributed by atoms with Crippen LogP contribution in [0.25, 0.3) is 0 Å². The van der Waals surface area contributed by atoms with Gasteiger partial charge in [0.1, 0.15) is 0 Å². The molecule has 2 unspecified atom stereocenters. The third-order valence-corrected chi connectivity index (χ3v) is 3.22. The lowest BCUT2D eigenvalue weighted by molar-refractivity contribution is -0.140. The molecule has 1 heterocycles. The number of aliphatic imine (C=N–C) groups is 1. The SMILES string of the molecule is CN=C(NCCC(=O)OC)N1CC(C)CC(C)C1. The second-order valence-electron chi connectivity index (χ2n) is 5.15. The fourth-order valence-electron chi connectivity index (χ4n) is 2.55. The first kappa shape index (κ1) is 14.8. The van der Waals surface area contributed by atoms with Crippen molar-refractivity contribution in [2.24, 2.45) is 16.8 Å². The van der Waals surface area contributed by atoms with Gasteiger partial charge >= 0.3 is 5.97 Å². The maximum atomic E-state index is 11.0. The summed E-state index contributed by atoms with van der Waals surface area (Å²) < 4.78 is 4.61. The minimum atomic E-state index is -0.196. The number of ether oxygens (including phenoxy) is 1. The van der Waals surface area contributed by atoms with Crippen LogP contribution >= 0.6 is 0 Å². The van der Waals surface area contributed by atoms with E-state index in [2.05, 4.69) is 33.8 Å². The van der Waals surface area contributed by atoms with E-state index in [1.54, 1.807) is 7.05 Å². The molecule has 104 valence electrons. The highest BCUT2D eigenvalue weighted by Crippen LogP contribution is 2.20. The van der Waals surface area contributed by atoms with Gasteiger partial charge in [0, 0.05) is 26.7 Å². The standard InChI is InChI=1S/C13H25N3O2/c1-10-7-11(2)9-16(8-10)13(14-3)15-6-5-12(17)18-4/h10-11H,5-9H2,1-4H3,(H,14,15). The van der Waals surface area contributed by atoms with Crippen molar-refractivity contribution in [3.63, 3.8) is 0 Å². The van der Waals surface area contributed by atoms with Crippen LogP contribution in [0.4, 0.5) is 0 Å². The number of methoxy groups -OCH3 is 1. The van der Waals surface area contributed by atoms with E-state index >= 15 is 0 Å². The van der Waals surface area contributed by atoms with Gasteiger partial charge in [0.05, 0.1) is 13.5 Å². The highest BCUT2D eigenvalue weighted by atomic mass is 16.5. The number of rotatable bonds is 3. The molecule has 1 saturated heterocycles. The maximum Gasteiger partial charge on any atom is 0.307 e. The van der Waals surface area contributed by atoms with Crippen LogP contribution in [-0.2, 0) is 9.53 Å². The lowest BCUT2D eigenvalue weighted by Gasteiger charge is -2.37. The first-order valence-corrected chi connectivity index (χ1v) is 6.59. The number of carbonyl (C=O) groups excluding carboxylic acids is 1. The summed E-state index contributed by atoms with van der Waals surface area (Å²) in [6.45, 7) is 7.16. The van der Waals surface area contributed by atoms with Gasteiger partial charge in [-0.05, 0) is 18.3 Å². The van der Waals surface area contributed by atoms with Crippen molar-refractivity contribution < 1.29 is 9.53 Å². The molecule has 0 aromatic heterocycles. The summed E-state index contributed by atoms with van der Waals surface area (Å²) in [5.74, 6) is 2.07. The average molecular weight is 255 g/mol. The van der Waals surface area contributed by atoms with Crippen LogP contribution in [0.5, 0.6) is 0 Å². The Morgan fingerprint density at radius 1 is 1.39 bits per heavy atom. The molecule has 5 heteroatoms. The first-order valence-electron chi connectivity index (χ1n) is 6.59. The van der Waals surface area contributed by atoms with Gasteiger partial charge in [-0.1, -0.05) is 13.8 Å². The Morgan fingerprint density at radius 2 is 2.00 bits per heavy atom. The molecular formula is C13H25N3O2. The van der Waals surface area contributed by atoms with Crippen molar-refractivity contribution in [1.82, 2.24) is 10.2 Å². The Labute approximate surface area is 110 Å². The third kappa shape index (κ3) is 4.55. The molecule has 2 atom stereocenters. The number of hydrogen-bond donors (Lipinski definition) is 1. The van der Waals surface area contributed by atoms with Crippen molar-refractivity contribution in [2.75, 3.05) is 33.8 Å². The van der Waals surface area contributed by atoms with Crippen molar-refractivity contribution in [1.29, 1.82) is 0 Å². The number of piperidine rings is 1. The van der Waals surface area contributed by atoms with Crippen molar-refractivity contribution in [3.8, 4) is 0 Å². The Kier molecular flexibility index (Phi) is 5.95. The Bertz CT molecular complexity index is 295. The quantitative estimate of drug-likeness (QED) is 0.466. The van der Waals surface area contributed by atoms with E-state index in [0.29, 0.717) is 24.8 Å². The fourth-order valence-corrected chi connectivity index (χ4v) is 2.55. The summed E-state index contributed by atoms with van der Waals surface area (Å²) in [4.78, 5) is 17.6. The number of nitrogens with zero attached hydrogens (tertiary/aromatic N) is 2. The Balaban J connectivity index is 2.43. The predicted octanol–water partition coefficient (Wildman–Crippen LogP) is 1.10. The lowest BCUT2D eigenvalue weighted by Crippen LogP contribution is -2.48. The van der Waals surface area contributed by atoms with E-state index in [-0.39, 0.29) is 5.97 Å². The van der Waals surface area contributed by atoms with Gasteiger partial charge in [-0.2, -0.15) is 0 Å². The van der Waals surface area contributed by atoms with Gasteiger partial charge < -0.3 is 15.0 Å².